The molecule has 2 fully saturated rings. The Morgan fingerprint density at radius 1 is 1.03 bits per heavy atom. The number of amides is 1. The second-order valence-corrected chi connectivity index (χ2v) is 9.91. The molecule has 1 aliphatic carbocycles. The molecule has 1 aromatic carbocycles. The minimum atomic E-state index is -4.56. The molecule has 0 atom stereocenters. The molecule has 5 nitrogen and oxygen atoms in total. The molecule has 9 heteroatoms. The molecule has 1 saturated carbocycles. The maximum absolute atomic E-state index is 13.6. The third kappa shape index (κ3) is 4.85. The summed E-state index contributed by atoms with van der Waals surface area (Å²) in [6, 6.07) is 6.22. The van der Waals surface area contributed by atoms with Crippen molar-refractivity contribution in [2.24, 2.45) is 5.92 Å². The summed E-state index contributed by atoms with van der Waals surface area (Å²) in [4.78, 5) is 17.2. The lowest BCUT2D eigenvalue weighted by Gasteiger charge is -2.45. The highest BCUT2D eigenvalue weighted by molar-refractivity contribution is 5.77. The number of nitrogens with zero attached hydrogens (tertiary/aromatic N) is 4. The van der Waals surface area contributed by atoms with Crippen molar-refractivity contribution in [1.29, 1.82) is 0 Å². The van der Waals surface area contributed by atoms with Crippen molar-refractivity contribution in [3.63, 3.8) is 0 Å². The molecule has 1 aromatic heterocycles. The van der Waals surface area contributed by atoms with Crippen LogP contribution >= 0.6 is 0 Å². The molecule has 2 aromatic rings. The van der Waals surface area contributed by atoms with Gasteiger partial charge in [-0.15, -0.1) is 0 Å². The first kappa shape index (κ1) is 23.3. The van der Waals surface area contributed by atoms with Crippen molar-refractivity contribution < 1.29 is 22.4 Å². The minimum absolute atomic E-state index is 0.0100. The SMILES string of the molecule is O=C(CC1CC(N2CCCCC2)C1)N1CCc2c(C(F)(F)F)nn(Cc3ccc(F)cc3)c2C1. The quantitative estimate of drug-likeness (QED) is 0.589. The Morgan fingerprint density at radius 3 is 2.41 bits per heavy atom. The first-order valence-electron chi connectivity index (χ1n) is 12.2. The summed E-state index contributed by atoms with van der Waals surface area (Å²) in [6.45, 7) is 2.81. The number of piperidine rings is 1. The largest absolute Gasteiger partial charge is 0.435 e. The zero-order chi connectivity index (χ0) is 23.9. The van der Waals surface area contributed by atoms with Crippen LogP contribution in [0.25, 0.3) is 0 Å². The topological polar surface area (TPSA) is 41.4 Å². The van der Waals surface area contributed by atoms with Crippen LogP contribution < -0.4 is 0 Å². The number of halogens is 4. The smallest absolute Gasteiger partial charge is 0.336 e. The first-order valence-corrected chi connectivity index (χ1v) is 12.2. The Bertz CT molecular complexity index is 1020. The molecule has 3 heterocycles. The highest BCUT2D eigenvalue weighted by Crippen LogP contribution is 2.38. The van der Waals surface area contributed by atoms with Gasteiger partial charge in [0, 0.05) is 24.6 Å². The van der Waals surface area contributed by atoms with Gasteiger partial charge in [0.1, 0.15) is 5.82 Å². The predicted molar refractivity (Wildman–Crippen MR) is 118 cm³/mol. The maximum atomic E-state index is 13.6. The number of carbonyl (C=O) groups is 1. The number of benzene rings is 1. The number of fused-ring (bicyclic) bond motifs is 1. The third-order valence-corrected chi connectivity index (χ3v) is 7.59. The number of hydrogen-bond acceptors (Lipinski definition) is 3. The van der Waals surface area contributed by atoms with Gasteiger partial charge in [-0.05, 0) is 68.8 Å². The van der Waals surface area contributed by atoms with Crippen molar-refractivity contribution >= 4 is 5.91 Å². The average Bonchev–Trinajstić information content (AvgIpc) is 3.16. The van der Waals surface area contributed by atoms with Crippen LogP contribution in [0.3, 0.4) is 0 Å². The van der Waals surface area contributed by atoms with Gasteiger partial charge in [-0.1, -0.05) is 18.6 Å². The van der Waals surface area contributed by atoms with E-state index in [2.05, 4.69) is 10.00 Å². The van der Waals surface area contributed by atoms with Crippen LogP contribution in [0.15, 0.2) is 24.3 Å². The third-order valence-electron chi connectivity index (χ3n) is 7.59. The summed E-state index contributed by atoms with van der Waals surface area (Å²) < 4.78 is 55.5. The summed E-state index contributed by atoms with van der Waals surface area (Å²) in [7, 11) is 0. The summed E-state index contributed by atoms with van der Waals surface area (Å²) in [6.07, 6.45) is 1.91. The lowest BCUT2D eigenvalue weighted by Crippen LogP contribution is -2.48. The molecular formula is C25H30F4N4O. The molecule has 0 unspecified atom stereocenters. The maximum Gasteiger partial charge on any atom is 0.435 e. The van der Waals surface area contributed by atoms with Gasteiger partial charge in [0.15, 0.2) is 5.69 Å². The predicted octanol–water partition coefficient (Wildman–Crippen LogP) is 4.63. The molecule has 0 spiro atoms. The van der Waals surface area contributed by atoms with E-state index in [4.69, 9.17) is 0 Å². The molecule has 0 N–H and O–H groups in total. The van der Waals surface area contributed by atoms with Crippen LogP contribution in [0, 0.1) is 11.7 Å². The number of hydrogen-bond donors (Lipinski definition) is 0. The Kier molecular flexibility index (Phi) is 6.39. The van der Waals surface area contributed by atoms with E-state index in [9.17, 15) is 22.4 Å². The zero-order valence-electron chi connectivity index (χ0n) is 19.2. The van der Waals surface area contributed by atoms with Gasteiger partial charge in [0.05, 0.1) is 18.8 Å². The second-order valence-electron chi connectivity index (χ2n) is 9.91. The van der Waals surface area contributed by atoms with E-state index in [-0.39, 0.29) is 37.5 Å². The molecule has 0 bridgehead atoms. The van der Waals surface area contributed by atoms with E-state index < -0.39 is 17.7 Å². The lowest BCUT2D eigenvalue weighted by atomic mass is 9.76. The molecule has 3 aliphatic rings. The van der Waals surface area contributed by atoms with Gasteiger partial charge in [-0.25, -0.2) is 4.39 Å². The number of alkyl halides is 3. The number of carbonyl (C=O) groups excluding carboxylic acids is 1. The summed E-state index contributed by atoms with van der Waals surface area (Å²) in [5.41, 5.74) is 0.380. The van der Waals surface area contributed by atoms with E-state index >= 15 is 0 Å². The fourth-order valence-electron chi connectivity index (χ4n) is 5.64. The summed E-state index contributed by atoms with van der Waals surface area (Å²) in [5, 5.41) is 3.88. The second kappa shape index (κ2) is 9.32. The van der Waals surface area contributed by atoms with Crippen LogP contribution in [0.2, 0.25) is 0 Å². The number of aromatic nitrogens is 2. The van der Waals surface area contributed by atoms with Crippen molar-refractivity contribution in [2.75, 3.05) is 19.6 Å². The molecule has 2 aliphatic heterocycles. The van der Waals surface area contributed by atoms with E-state index in [1.807, 2.05) is 0 Å². The normalized spacial score (nSPS) is 23.5. The van der Waals surface area contributed by atoms with Crippen LogP contribution in [0.4, 0.5) is 17.6 Å². The zero-order valence-corrected chi connectivity index (χ0v) is 19.2. The number of rotatable bonds is 5. The number of likely N-dealkylation sites (tertiary alicyclic amines) is 1. The molecule has 0 radical (unpaired) electrons. The highest BCUT2D eigenvalue weighted by atomic mass is 19.4. The van der Waals surface area contributed by atoms with Gasteiger partial charge in [0.25, 0.3) is 0 Å². The fourth-order valence-corrected chi connectivity index (χ4v) is 5.64. The van der Waals surface area contributed by atoms with Crippen molar-refractivity contribution in [3.05, 3.63) is 52.6 Å². The van der Waals surface area contributed by atoms with E-state index in [0.29, 0.717) is 29.6 Å². The van der Waals surface area contributed by atoms with Crippen LogP contribution in [-0.2, 0) is 30.5 Å². The van der Waals surface area contributed by atoms with Gasteiger partial charge >= 0.3 is 6.18 Å². The standard InChI is InChI=1S/C25H30F4N4O/c26-19-6-4-17(5-7-19)15-33-22-16-32(11-8-21(22)24(30-33)25(27,28)29)23(34)14-18-12-20(13-18)31-9-2-1-3-10-31/h4-7,18,20H,1-3,8-16H2. The van der Waals surface area contributed by atoms with Crippen LogP contribution in [0.5, 0.6) is 0 Å². The molecule has 1 saturated heterocycles. The minimum Gasteiger partial charge on any atom is -0.336 e. The van der Waals surface area contributed by atoms with Crippen molar-refractivity contribution in [3.8, 4) is 0 Å². The Labute approximate surface area is 196 Å². The summed E-state index contributed by atoms with van der Waals surface area (Å²) >= 11 is 0. The van der Waals surface area contributed by atoms with E-state index in [1.54, 1.807) is 4.90 Å². The Hall–Kier alpha value is -2.42. The Balaban J connectivity index is 1.26. The van der Waals surface area contributed by atoms with Gasteiger partial charge < -0.3 is 9.80 Å². The monoisotopic (exact) mass is 478 g/mol. The average molecular weight is 479 g/mol. The fraction of sp³-hybridized carbons (Fsp3) is 0.600. The summed E-state index contributed by atoms with van der Waals surface area (Å²) in [5.74, 6) is -0.0379. The molecule has 1 amide bonds. The van der Waals surface area contributed by atoms with Crippen LogP contribution in [-0.4, -0.2) is 51.2 Å². The van der Waals surface area contributed by atoms with Crippen molar-refractivity contribution in [2.45, 2.75) is 70.3 Å². The highest BCUT2D eigenvalue weighted by Gasteiger charge is 2.41. The molecule has 184 valence electrons. The van der Waals surface area contributed by atoms with Gasteiger partial charge in [-0.3, -0.25) is 9.48 Å². The molecule has 34 heavy (non-hydrogen) atoms. The lowest BCUT2D eigenvalue weighted by molar-refractivity contribution is -0.142. The van der Waals surface area contributed by atoms with E-state index in [0.717, 1.165) is 25.9 Å². The van der Waals surface area contributed by atoms with Gasteiger partial charge in [0.2, 0.25) is 5.91 Å². The van der Waals surface area contributed by atoms with Crippen LogP contribution in [0.1, 0.15) is 61.0 Å². The van der Waals surface area contributed by atoms with E-state index in [1.165, 1.54) is 48.2 Å². The van der Waals surface area contributed by atoms with Crippen molar-refractivity contribution in [1.82, 2.24) is 19.6 Å². The van der Waals surface area contributed by atoms with Gasteiger partial charge in [-0.2, -0.15) is 18.3 Å². The molecular weight excluding hydrogens is 448 g/mol. The Morgan fingerprint density at radius 2 is 1.74 bits per heavy atom. The molecule has 5 rings (SSSR count). The first-order chi connectivity index (χ1) is 16.3.